The second-order valence-electron chi connectivity index (χ2n) is 5.10. The summed E-state index contributed by atoms with van der Waals surface area (Å²) in [6.07, 6.45) is 3.21. The molecule has 3 aromatic heterocycles. The predicted octanol–water partition coefficient (Wildman–Crippen LogP) is 2.70. The third kappa shape index (κ3) is 2.36. The minimum atomic E-state index is -0.499. The van der Waals surface area contributed by atoms with Crippen LogP contribution in [0.3, 0.4) is 0 Å². The lowest BCUT2D eigenvalue weighted by Crippen LogP contribution is -2.15. The molecule has 0 aliphatic heterocycles. The molecule has 0 radical (unpaired) electrons. The number of oxazole rings is 2. The maximum atomic E-state index is 12.0. The molecule has 1 aromatic carbocycles. The highest BCUT2D eigenvalue weighted by molar-refractivity contribution is 5.67. The van der Waals surface area contributed by atoms with Gasteiger partial charge in [-0.3, -0.25) is 0 Å². The average Bonchev–Trinajstić information content (AvgIpc) is 3.20. The van der Waals surface area contributed by atoms with Crippen LogP contribution in [0.1, 0.15) is 5.89 Å². The molecule has 0 amide bonds. The van der Waals surface area contributed by atoms with Crippen LogP contribution < -0.4 is 10.5 Å². The van der Waals surface area contributed by atoms with E-state index < -0.39 is 5.76 Å². The second kappa shape index (κ2) is 5.69. The molecule has 120 valence electrons. The summed E-state index contributed by atoms with van der Waals surface area (Å²) in [7, 11) is 1.60. The van der Waals surface area contributed by atoms with Crippen LogP contribution in [-0.4, -0.2) is 21.6 Å². The van der Waals surface area contributed by atoms with Gasteiger partial charge in [0.25, 0.3) is 0 Å². The zero-order valence-electron chi connectivity index (χ0n) is 12.8. The van der Waals surface area contributed by atoms with Crippen LogP contribution in [-0.2, 0) is 6.54 Å². The first-order valence-electron chi connectivity index (χ1n) is 7.28. The zero-order chi connectivity index (χ0) is 16.5. The third-order valence-electron chi connectivity index (χ3n) is 3.64. The molecule has 0 atom stereocenters. The first kappa shape index (κ1) is 14.3. The van der Waals surface area contributed by atoms with Gasteiger partial charge in [-0.05, 0) is 24.3 Å². The topological polar surface area (TPSA) is 83.3 Å². The maximum Gasteiger partial charge on any atom is 0.421 e. The summed E-state index contributed by atoms with van der Waals surface area (Å²) in [5, 5.41) is 0. The average molecular weight is 323 g/mol. The molecule has 24 heavy (non-hydrogen) atoms. The number of rotatable bonds is 4. The summed E-state index contributed by atoms with van der Waals surface area (Å²) in [5.74, 6) is 1.14. The molecule has 0 aliphatic carbocycles. The molecule has 0 bridgehead atoms. The van der Waals surface area contributed by atoms with E-state index in [1.807, 2.05) is 24.3 Å². The smallest absolute Gasteiger partial charge is 0.421 e. The van der Waals surface area contributed by atoms with Gasteiger partial charge in [0.15, 0.2) is 17.0 Å². The van der Waals surface area contributed by atoms with Gasteiger partial charge in [0.1, 0.15) is 12.3 Å². The van der Waals surface area contributed by atoms with E-state index in [1.165, 1.54) is 4.57 Å². The number of ether oxygens (including phenoxy) is 1. The van der Waals surface area contributed by atoms with Gasteiger partial charge in [0, 0.05) is 6.20 Å². The Kier molecular flexibility index (Phi) is 3.38. The van der Waals surface area contributed by atoms with Crippen molar-refractivity contribution in [1.82, 2.24) is 14.5 Å². The first-order valence-corrected chi connectivity index (χ1v) is 7.28. The Morgan fingerprint density at radius 1 is 1.12 bits per heavy atom. The Morgan fingerprint density at radius 2 is 2.00 bits per heavy atom. The third-order valence-corrected chi connectivity index (χ3v) is 3.64. The van der Waals surface area contributed by atoms with E-state index in [1.54, 1.807) is 31.6 Å². The van der Waals surface area contributed by atoms with Crippen LogP contribution in [0.2, 0.25) is 0 Å². The number of nitrogens with zero attached hydrogens (tertiary/aromatic N) is 3. The molecule has 0 spiro atoms. The highest BCUT2D eigenvalue weighted by Crippen LogP contribution is 2.30. The fourth-order valence-electron chi connectivity index (χ4n) is 2.53. The van der Waals surface area contributed by atoms with Gasteiger partial charge in [0.05, 0.1) is 18.9 Å². The monoisotopic (exact) mass is 323 g/mol. The van der Waals surface area contributed by atoms with Crippen LogP contribution in [0.15, 0.2) is 62.4 Å². The molecule has 4 rings (SSSR count). The van der Waals surface area contributed by atoms with E-state index in [4.69, 9.17) is 13.6 Å². The van der Waals surface area contributed by atoms with Crippen molar-refractivity contribution in [2.45, 2.75) is 6.54 Å². The predicted molar refractivity (Wildman–Crippen MR) is 85.9 cm³/mol. The Bertz CT molecular complexity index is 1060. The Morgan fingerprint density at radius 3 is 2.88 bits per heavy atom. The molecule has 3 heterocycles. The molecule has 0 aliphatic rings. The number of hydrogen-bond acceptors (Lipinski definition) is 6. The molecular formula is C17H13N3O4. The van der Waals surface area contributed by atoms with Crippen molar-refractivity contribution in [2.75, 3.05) is 7.11 Å². The van der Waals surface area contributed by atoms with E-state index >= 15 is 0 Å². The van der Waals surface area contributed by atoms with Gasteiger partial charge < -0.3 is 13.6 Å². The van der Waals surface area contributed by atoms with Crippen LogP contribution in [0, 0.1) is 0 Å². The molecule has 0 saturated heterocycles. The van der Waals surface area contributed by atoms with Crippen molar-refractivity contribution in [2.24, 2.45) is 0 Å². The zero-order valence-corrected chi connectivity index (χ0v) is 12.8. The Balaban J connectivity index is 1.71. The largest absolute Gasteiger partial charge is 0.496 e. The molecule has 4 aromatic rings. The van der Waals surface area contributed by atoms with Crippen LogP contribution in [0.5, 0.6) is 5.75 Å². The lowest BCUT2D eigenvalue weighted by Gasteiger charge is -2.04. The Labute approximate surface area is 136 Å². The number of fused-ring (bicyclic) bond motifs is 1. The number of pyridine rings is 1. The molecule has 7 nitrogen and oxygen atoms in total. The van der Waals surface area contributed by atoms with Gasteiger partial charge in [-0.15, -0.1) is 0 Å². The highest BCUT2D eigenvalue weighted by atomic mass is 16.5. The first-order chi connectivity index (χ1) is 11.8. The lowest BCUT2D eigenvalue weighted by atomic mass is 10.1. The van der Waals surface area contributed by atoms with Crippen LogP contribution >= 0.6 is 0 Å². The highest BCUT2D eigenvalue weighted by Gasteiger charge is 2.15. The number of benzene rings is 1. The van der Waals surface area contributed by atoms with Crippen molar-refractivity contribution < 1.29 is 13.6 Å². The normalized spacial score (nSPS) is 11.0. The van der Waals surface area contributed by atoms with Crippen molar-refractivity contribution in [3.8, 4) is 17.1 Å². The number of para-hydroxylation sites is 1. The minimum Gasteiger partial charge on any atom is -0.496 e. The van der Waals surface area contributed by atoms with Gasteiger partial charge in [-0.2, -0.15) is 0 Å². The number of aromatic nitrogens is 3. The quantitative estimate of drug-likeness (QED) is 0.574. The number of hydrogen-bond donors (Lipinski definition) is 0. The fraction of sp³-hybridized carbons (Fsp3) is 0.118. The van der Waals surface area contributed by atoms with Gasteiger partial charge in [-0.25, -0.2) is 19.3 Å². The fourth-order valence-corrected chi connectivity index (χ4v) is 2.53. The molecule has 0 saturated carbocycles. The lowest BCUT2D eigenvalue weighted by molar-refractivity contribution is 0.413. The second-order valence-corrected chi connectivity index (χ2v) is 5.10. The van der Waals surface area contributed by atoms with E-state index in [0.29, 0.717) is 28.6 Å². The van der Waals surface area contributed by atoms with Crippen molar-refractivity contribution >= 4 is 11.2 Å². The molecule has 0 fully saturated rings. The van der Waals surface area contributed by atoms with Crippen LogP contribution in [0.25, 0.3) is 22.6 Å². The van der Waals surface area contributed by atoms with Crippen molar-refractivity contribution in [1.29, 1.82) is 0 Å². The van der Waals surface area contributed by atoms with Crippen LogP contribution in [0.4, 0.5) is 0 Å². The summed E-state index contributed by atoms with van der Waals surface area (Å²) >= 11 is 0. The van der Waals surface area contributed by atoms with E-state index in [2.05, 4.69) is 9.97 Å². The van der Waals surface area contributed by atoms with Gasteiger partial charge in [-0.1, -0.05) is 12.1 Å². The molecular weight excluding hydrogens is 310 g/mol. The van der Waals surface area contributed by atoms with E-state index in [9.17, 15) is 4.79 Å². The summed E-state index contributed by atoms with van der Waals surface area (Å²) in [6.45, 7) is 0.137. The van der Waals surface area contributed by atoms with Crippen molar-refractivity contribution in [3.63, 3.8) is 0 Å². The summed E-state index contributed by atoms with van der Waals surface area (Å²) < 4.78 is 17.6. The molecule has 7 heteroatoms. The SMILES string of the molecule is COc1ccccc1-c1cnc(Cn2c(=O)oc3cccnc32)o1. The Hall–Kier alpha value is -3.35. The summed E-state index contributed by atoms with van der Waals surface area (Å²) in [4.78, 5) is 20.4. The van der Waals surface area contributed by atoms with Crippen molar-refractivity contribution in [3.05, 3.63) is 65.2 Å². The summed E-state index contributed by atoms with van der Waals surface area (Å²) in [5.41, 5.74) is 1.68. The van der Waals surface area contributed by atoms with E-state index in [0.717, 1.165) is 5.56 Å². The van der Waals surface area contributed by atoms with E-state index in [-0.39, 0.29) is 6.54 Å². The maximum absolute atomic E-state index is 12.0. The molecule has 0 unspecified atom stereocenters. The number of methoxy groups -OCH3 is 1. The molecule has 0 N–H and O–H groups in total. The standard InChI is InChI=1S/C17H13N3O4/c1-22-12-6-3-2-5-11(12)14-9-19-15(23-14)10-20-16-13(24-17(20)21)7-4-8-18-16/h2-9H,10H2,1H3. The summed E-state index contributed by atoms with van der Waals surface area (Å²) in [6, 6.07) is 10.9. The minimum absolute atomic E-state index is 0.137. The van der Waals surface area contributed by atoms with Gasteiger partial charge in [0.2, 0.25) is 5.89 Å². The van der Waals surface area contributed by atoms with Gasteiger partial charge >= 0.3 is 5.76 Å².